The van der Waals surface area contributed by atoms with E-state index in [9.17, 15) is 19.7 Å². The van der Waals surface area contributed by atoms with Crippen molar-refractivity contribution < 1.29 is 38.2 Å². The van der Waals surface area contributed by atoms with E-state index in [1.807, 2.05) is 30.3 Å². The summed E-state index contributed by atoms with van der Waals surface area (Å²) in [4.78, 5) is 41.7. The minimum Gasteiger partial charge on any atom is -0.495 e. The number of esters is 1. The van der Waals surface area contributed by atoms with E-state index in [2.05, 4.69) is 5.32 Å². The molecule has 0 radical (unpaired) electrons. The topological polar surface area (TPSA) is 148 Å². The number of nitrogens with zero attached hydrogens (tertiary/aromatic N) is 2. The Bertz CT molecular complexity index is 1790. The molecule has 0 spiro atoms. The molecule has 0 aliphatic heterocycles. The highest BCUT2D eigenvalue weighted by Gasteiger charge is 2.28. The molecule has 0 bridgehead atoms. The van der Waals surface area contributed by atoms with Crippen LogP contribution in [0.2, 0.25) is 0 Å². The van der Waals surface area contributed by atoms with Crippen LogP contribution in [-0.2, 0) is 16.0 Å². The van der Waals surface area contributed by atoms with Gasteiger partial charge in [-0.3, -0.25) is 14.9 Å². The van der Waals surface area contributed by atoms with Crippen LogP contribution in [0.4, 0.5) is 11.4 Å². The molecule has 44 heavy (non-hydrogen) atoms. The first-order valence-electron chi connectivity index (χ1n) is 13.5. The number of amides is 1. The van der Waals surface area contributed by atoms with Crippen LogP contribution in [0.25, 0.3) is 22.6 Å². The number of anilines is 1. The van der Waals surface area contributed by atoms with Gasteiger partial charge in [0, 0.05) is 17.5 Å². The summed E-state index contributed by atoms with van der Waals surface area (Å²) in [5.41, 5.74) is 3.87. The quantitative estimate of drug-likeness (QED) is 0.141. The van der Waals surface area contributed by atoms with E-state index in [4.69, 9.17) is 28.7 Å². The molecule has 0 unspecified atom stereocenters. The number of non-ortho nitro benzene ring substituents is 1. The van der Waals surface area contributed by atoms with Gasteiger partial charge in [0.15, 0.2) is 18.1 Å². The van der Waals surface area contributed by atoms with E-state index in [0.717, 1.165) is 11.1 Å². The van der Waals surface area contributed by atoms with Crippen LogP contribution in [0.1, 0.15) is 33.6 Å². The van der Waals surface area contributed by atoms with E-state index in [1.165, 1.54) is 32.4 Å². The maximum Gasteiger partial charge on any atom is 0.339 e. The lowest BCUT2D eigenvalue weighted by Gasteiger charge is -2.14. The van der Waals surface area contributed by atoms with E-state index in [0.29, 0.717) is 57.8 Å². The summed E-state index contributed by atoms with van der Waals surface area (Å²) in [7, 11) is 6.00. The molecule has 1 aliphatic carbocycles. The van der Waals surface area contributed by atoms with Gasteiger partial charge in [0.1, 0.15) is 5.75 Å². The molecule has 1 amide bonds. The number of rotatable bonds is 10. The number of ether oxygens (including phenoxy) is 5. The van der Waals surface area contributed by atoms with Crippen LogP contribution in [-0.4, -0.2) is 56.8 Å². The number of carbonyl (C=O) groups is 2. The summed E-state index contributed by atoms with van der Waals surface area (Å²) in [6.07, 6.45) is 3.11. The van der Waals surface area contributed by atoms with E-state index < -0.39 is 23.4 Å². The van der Waals surface area contributed by atoms with Gasteiger partial charge < -0.3 is 29.0 Å². The Balaban J connectivity index is 1.44. The number of para-hydroxylation sites is 1. The van der Waals surface area contributed by atoms with Crippen molar-refractivity contribution in [3.63, 3.8) is 0 Å². The average Bonchev–Trinajstić information content (AvgIpc) is 3.43. The van der Waals surface area contributed by atoms with Gasteiger partial charge in [-0.25, -0.2) is 9.78 Å². The number of pyridine rings is 1. The number of nitrogens with one attached hydrogen (secondary N) is 1. The average molecular weight is 600 g/mol. The molecule has 0 fully saturated rings. The van der Waals surface area contributed by atoms with Crippen LogP contribution >= 0.6 is 0 Å². The van der Waals surface area contributed by atoms with Crippen LogP contribution in [0.5, 0.6) is 23.0 Å². The van der Waals surface area contributed by atoms with Crippen molar-refractivity contribution in [3.8, 4) is 23.0 Å². The van der Waals surface area contributed by atoms with Crippen LogP contribution in [0, 0.1) is 10.1 Å². The largest absolute Gasteiger partial charge is 0.495 e. The summed E-state index contributed by atoms with van der Waals surface area (Å²) in [5, 5.41) is 14.3. The number of aromatic nitrogens is 1. The molecule has 3 aromatic carbocycles. The summed E-state index contributed by atoms with van der Waals surface area (Å²) in [5.74, 6) is 0.346. The van der Waals surface area contributed by atoms with Crippen molar-refractivity contribution in [1.82, 2.24) is 4.98 Å². The standard InChI is InChI=1S/C32H29N3O9/c1-40-25-12-10-20(35(38)39)16-24(25)33-28(36)17-44-32(37)29-21-7-5-6-8-23(21)34-30-19(9-11-22(29)30)13-18-14-26(41-2)31(43-4)27(15-18)42-3/h5-8,10,12-16H,9,11,17H2,1-4H3,(H,33,36)/b19-13+. The number of methoxy groups -OCH3 is 4. The molecular weight excluding hydrogens is 570 g/mol. The molecule has 4 aromatic rings. The molecular formula is C32H29N3O9. The molecule has 1 aliphatic rings. The third kappa shape index (κ3) is 5.82. The first-order valence-corrected chi connectivity index (χ1v) is 13.5. The highest BCUT2D eigenvalue weighted by Crippen LogP contribution is 2.42. The van der Waals surface area contributed by atoms with Crippen molar-refractivity contribution in [2.45, 2.75) is 12.8 Å². The van der Waals surface area contributed by atoms with Crippen molar-refractivity contribution in [1.29, 1.82) is 0 Å². The van der Waals surface area contributed by atoms with Crippen molar-refractivity contribution in [3.05, 3.63) is 87.1 Å². The molecule has 0 atom stereocenters. The Kier molecular flexibility index (Phi) is 8.61. The van der Waals surface area contributed by atoms with Crippen molar-refractivity contribution >= 4 is 45.8 Å². The zero-order chi connectivity index (χ0) is 31.4. The lowest BCUT2D eigenvalue weighted by atomic mass is 10.0. The Hall–Kier alpha value is -5.65. The minimum atomic E-state index is -0.685. The third-order valence-electron chi connectivity index (χ3n) is 7.18. The van der Waals surface area contributed by atoms with Gasteiger partial charge in [-0.2, -0.15) is 0 Å². The van der Waals surface area contributed by atoms with Crippen molar-refractivity contribution in [2.75, 3.05) is 40.4 Å². The molecule has 12 heteroatoms. The van der Waals surface area contributed by atoms with Crippen LogP contribution in [0.15, 0.2) is 54.6 Å². The van der Waals surface area contributed by atoms with Gasteiger partial charge in [-0.1, -0.05) is 18.2 Å². The fraction of sp³-hybridized carbons (Fsp3) is 0.219. The molecule has 5 rings (SSSR count). The van der Waals surface area contributed by atoms with Crippen LogP contribution < -0.4 is 24.3 Å². The maximum absolute atomic E-state index is 13.5. The van der Waals surface area contributed by atoms with Gasteiger partial charge in [0.05, 0.1) is 55.8 Å². The molecule has 12 nitrogen and oxygen atoms in total. The van der Waals surface area contributed by atoms with Gasteiger partial charge in [-0.05, 0) is 59.9 Å². The lowest BCUT2D eigenvalue weighted by molar-refractivity contribution is -0.384. The van der Waals surface area contributed by atoms with Gasteiger partial charge >= 0.3 is 5.97 Å². The summed E-state index contributed by atoms with van der Waals surface area (Å²) < 4.78 is 27.1. The van der Waals surface area contributed by atoms with E-state index in [-0.39, 0.29) is 17.1 Å². The molecule has 1 heterocycles. The second-order valence-corrected chi connectivity index (χ2v) is 9.73. The SMILES string of the molecule is COc1ccc([N+](=O)[O-])cc1NC(=O)COC(=O)c1c2c(nc3ccccc13)/C(=C/c1cc(OC)c(OC)c(OC)c1)CC2. The van der Waals surface area contributed by atoms with Crippen molar-refractivity contribution in [2.24, 2.45) is 0 Å². The zero-order valence-corrected chi connectivity index (χ0v) is 24.5. The second kappa shape index (κ2) is 12.7. The highest BCUT2D eigenvalue weighted by atomic mass is 16.6. The second-order valence-electron chi connectivity index (χ2n) is 9.73. The molecule has 0 saturated carbocycles. The van der Waals surface area contributed by atoms with E-state index >= 15 is 0 Å². The Morgan fingerprint density at radius 1 is 0.932 bits per heavy atom. The fourth-order valence-electron chi connectivity index (χ4n) is 5.19. The third-order valence-corrected chi connectivity index (χ3v) is 7.18. The maximum atomic E-state index is 13.5. The fourth-order valence-corrected chi connectivity index (χ4v) is 5.19. The number of hydrogen-bond acceptors (Lipinski definition) is 10. The number of fused-ring (bicyclic) bond motifs is 2. The Morgan fingerprint density at radius 3 is 2.30 bits per heavy atom. The Morgan fingerprint density at radius 2 is 1.64 bits per heavy atom. The predicted molar refractivity (Wildman–Crippen MR) is 163 cm³/mol. The van der Waals surface area contributed by atoms with E-state index in [1.54, 1.807) is 26.4 Å². The normalized spacial score (nSPS) is 12.9. The number of nitro groups is 1. The first-order chi connectivity index (χ1) is 21.3. The van der Waals surface area contributed by atoms with Crippen LogP contribution in [0.3, 0.4) is 0 Å². The Labute approximate surface area is 252 Å². The molecule has 1 aromatic heterocycles. The first kappa shape index (κ1) is 29.8. The number of nitro benzene ring substituents is 1. The summed E-state index contributed by atoms with van der Waals surface area (Å²) in [6.45, 7) is -0.621. The molecule has 226 valence electrons. The highest BCUT2D eigenvalue weighted by molar-refractivity contribution is 6.08. The predicted octanol–water partition coefficient (Wildman–Crippen LogP) is 5.46. The van der Waals surface area contributed by atoms with Gasteiger partial charge in [0.25, 0.3) is 11.6 Å². The molecule has 1 N–H and O–H groups in total. The number of hydrogen-bond donors (Lipinski definition) is 1. The lowest BCUT2D eigenvalue weighted by Crippen LogP contribution is -2.22. The zero-order valence-electron chi connectivity index (χ0n) is 24.5. The minimum absolute atomic E-state index is 0.0829. The smallest absolute Gasteiger partial charge is 0.339 e. The van der Waals surface area contributed by atoms with Gasteiger partial charge in [0.2, 0.25) is 5.75 Å². The summed E-state index contributed by atoms with van der Waals surface area (Å²) >= 11 is 0. The number of benzene rings is 3. The number of allylic oxidation sites excluding steroid dienone is 1. The molecule has 0 saturated heterocycles. The number of carbonyl (C=O) groups excluding carboxylic acids is 2. The summed E-state index contributed by atoms with van der Waals surface area (Å²) in [6, 6.07) is 14.7. The monoisotopic (exact) mass is 599 g/mol. The van der Waals surface area contributed by atoms with Gasteiger partial charge in [-0.15, -0.1) is 0 Å².